The van der Waals surface area contributed by atoms with E-state index in [0.29, 0.717) is 5.92 Å². The molecule has 0 radical (unpaired) electrons. The second-order valence-electron chi connectivity index (χ2n) is 5.15. The predicted octanol–water partition coefficient (Wildman–Crippen LogP) is 3.17. The third-order valence-electron chi connectivity index (χ3n) is 3.07. The summed E-state index contributed by atoms with van der Waals surface area (Å²) in [5.74, 6) is 2.95. The summed E-state index contributed by atoms with van der Waals surface area (Å²) in [6, 6.07) is 3.99. The van der Waals surface area contributed by atoms with E-state index in [1.807, 2.05) is 23.0 Å². The van der Waals surface area contributed by atoms with E-state index in [-0.39, 0.29) is 0 Å². The van der Waals surface area contributed by atoms with Gasteiger partial charge in [-0.2, -0.15) is 5.10 Å². The summed E-state index contributed by atoms with van der Waals surface area (Å²) in [5.41, 5.74) is 1.07. The van der Waals surface area contributed by atoms with Crippen molar-refractivity contribution in [2.24, 2.45) is 0 Å². The minimum Gasteiger partial charge on any atom is -0.370 e. The van der Waals surface area contributed by atoms with Crippen LogP contribution in [0.2, 0.25) is 0 Å². The van der Waals surface area contributed by atoms with Crippen LogP contribution >= 0.6 is 0 Å². The van der Waals surface area contributed by atoms with Crippen molar-refractivity contribution < 1.29 is 0 Å². The van der Waals surface area contributed by atoms with Gasteiger partial charge in [-0.15, -0.1) is 0 Å². The highest BCUT2D eigenvalue weighted by atomic mass is 15.3. The number of nitrogens with one attached hydrogen (secondary N) is 1. The largest absolute Gasteiger partial charge is 0.370 e. The van der Waals surface area contributed by atoms with Crippen molar-refractivity contribution in [2.75, 3.05) is 11.9 Å². The fourth-order valence-corrected chi connectivity index (χ4v) is 1.88. The van der Waals surface area contributed by atoms with Gasteiger partial charge in [0.05, 0.1) is 5.69 Å². The van der Waals surface area contributed by atoms with Crippen LogP contribution in [0, 0.1) is 0 Å². The van der Waals surface area contributed by atoms with Crippen LogP contribution in [0.1, 0.15) is 51.6 Å². The van der Waals surface area contributed by atoms with Crippen molar-refractivity contribution in [3.05, 3.63) is 29.8 Å². The highest BCUT2D eigenvalue weighted by Gasteiger charge is 2.08. The van der Waals surface area contributed by atoms with Crippen molar-refractivity contribution in [2.45, 2.75) is 46.5 Å². The minimum absolute atomic E-state index is 0.418. The highest BCUT2D eigenvalue weighted by Crippen LogP contribution is 2.15. The van der Waals surface area contributed by atoms with Crippen molar-refractivity contribution in [3.63, 3.8) is 0 Å². The highest BCUT2D eigenvalue weighted by molar-refractivity contribution is 5.41. The molecule has 0 amide bonds. The average molecular weight is 273 g/mol. The van der Waals surface area contributed by atoms with Crippen LogP contribution in [-0.2, 0) is 6.42 Å². The molecule has 0 aliphatic heterocycles. The van der Waals surface area contributed by atoms with Crippen molar-refractivity contribution in [1.82, 2.24) is 19.7 Å². The molecule has 0 aliphatic carbocycles. The molecular weight excluding hydrogens is 250 g/mol. The van der Waals surface area contributed by atoms with Gasteiger partial charge in [-0.1, -0.05) is 27.7 Å². The summed E-state index contributed by atoms with van der Waals surface area (Å²) in [7, 11) is 0. The third kappa shape index (κ3) is 3.35. The second-order valence-corrected chi connectivity index (χ2v) is 5.15. The lowest BCUT2D eigenvalue weighted by atomic mass is 10.1. The first-order chi connectivity index (χ1) is 9.63. The summed E-state index contributed by atoms with van der Waals surface area (Å²) in [5, 5.41) is 7.89. The van der Waals surface area contributed by atoms with E-state index in [2.05, 4.69) is 48.1 Å². The lowest BCUT2D eigenvalue weighted by Crippen LogP contribution is -2.09. The number of nitrogens with zero attached hydrogens (tertiary/aromatic N) is 4. The zero-order chi connectivity index (χ0) is 14.5. The standard InChI is InChI=1S/C15H23N5/c1-5-8-16-14-10-15(18-13(6-2)17-14)20-9-7-12(19-20)11(3)4/h7,9-11H,5-6,8H2,1-4H3,(H,16,17,18). The van der Waals surface area contributed by atoms with Gasteiger partial charge in [0.2, 0.25) is 0 Å². The van der Waals surface area contributed by atoms with Gasteiger partial charge in [0.1, 0.15) is 11.6 Å². The molecule has 5 nitrogen and oxygen atoms in total. The van der Waals surface area contributed by atoms with Gasteiger partial charge < -0.3 is 5.32 Å². The molecule has 2 aromatic heterocycles. The van der Waals surface area contributed by atoms with Gasteiger partial charge in [0.15, 0.2) is 5.82 Å². The van der Waals surface area contributed by atoms with Gasteiger partial charge in [-0.25, -0.2) is 14.6 Å². The molecule has 108 valence electrons. The quantitative estimate of drug-likeness (QED) is 0.878. The molecule has 1 N–H and O–H groups in total. The maximum atomic E-state index is 4.58. The SMILES string of the molecule is CCCNc1cc(-n2ccc(C(C)C)n2)nc(CC)n1. The zero-order valence-corrected chi connectivity index (χ0v) is 12.7. The molecule has 5 heteroatoms. The number of hydrogen-bond donors (Lipinski definition) is 1. The van der Waals surface area contributed by atoms with Crippen molar-refractivity contribution in [3.8, 4) is 5.82 Å². The van der Waals surface area contributed by atoms with E-state index in [1.54, 1.807) is 0 Å². The van der Waals surface area contributed by atoms with E-state index >= 15 is 0 Å². The first-order valence-electron chi connectivity index (χ1n) is 7.31. The predicted molar refractivity (Wildman–Crippen MR) is 81.4 cm³/mol. The molecule has 2 heterocycles. The van der Waals surface area contributed by atoms with E-state index in [9.17, 15) is 0 Å². The van der Waals surface area contributed by atoms with E-state index < -0.39 is 0 Å². The van der Waals surface area contributed by atoms with Crippen molar-refractivity contribution in [1.29, 1.82) is 0 Å². The van der Waals surface area contributed by atoms with Crippen LogP contribution in [0.25, 0.3) is 5.82 Å². The fraction of sp³-hybridized carbons (Fsp3) is 0.533. The summed E-state index contributed by atoms with van der Waals surface area (Å²) >= 11 is 0. The average Bonchev–Trinajstić information content (AvgIpc) is 2.94. The Kier molecular flexibility index (Phi) is 4.71. The number of rotatable bonds is 6. The molecule has 2 aromatic rings. The first-order valence-corrected chi connectivity index (χ1v) is 7.31. The first kappa shape index (κ1) is 14.5. The summed E-state index contributed by atoms with van der Waals surface area (Å²) in [6.07, 6.45) is 3.84. The Morgan fingerprint density at radius 2 is 2.05 bits per heavy atom. The maximum Gasteiger partial charge on any atom is 0.159 e. The van der Waals surface area contributed by atoms with Gasteiger partial charge >= 0.3 is 0 Å². The lowest BCUT2D eigenvalue weighted by molar-refractivity contribution is 0.749. The maximum absolute atomic E-state index is 4.58. The third-order valence-corrected chi connectivity index (χ3v) is 3.07. The van der Waals surface area contributed by atoms with Crippen LogP contribution in [0.15, 0.2) is 18.3 Å². The Morgan fingerprint density at radius 3 is 2.65 bits per heavy atom. The molecule has 0 spiro atoms. The van der Waals surface area contributed by atoms with Crippen LogP contribution in [0.4, 0.5) is 5.82 Å². The molecule has 0 saturated carbocycles. The molecule has 0 fully saturated rings. The molecule has 2 rings (SSSR count). The van der Waals surface area contributed by atoms with Gasteiger partial charge in [-0.3, -0.25) is 0 Å². The van der Waals surface area contributed by atoms with Crippen LogP contribution in [0.5, 0.6) is 0 Å². The monoisotopic (exact) mass is 273 g/mol. The van der Waals surface area contributed by atoms with Crippen molar-refractivity contribution >= 4 is 5.82 Å². The molecule has 0 atom stereocenters. The van der Waals surface area contributed by atoms with E-state index in [1.165, 1.54) is 0 Å². The van der Waals surface area contributed by atoms with Crippen LogP contribution < -0.4 is 5.32 Å². The molecule has 0 unspecified atom stereocenters. The Bertz CT molecular complexity index is 559. The molecular formula is C15H23N5. The van der Waals surface area contributed by atoms with Gasteiger partial charge in [-0.05, 0) is 18.4 Å². The van der Waals surface area contributed by atoms with Gasteiger partial charge in [0.25, 0.3) is 0 Å². The molecule has 0 aliphatic rings. The number of aromatic nitrogens is 4. The molecule has 20 heavy (non-hydrogen) atoms. The Morgan fingerprint density at radius 1 is 1.25 bits per heavy atom. The van der Waals surface area contributed by atoms with Gasteiger partial charge in [0, 0.05) is 25.2 Å². The number of anilines is 1. The van der Waals surface area contributed by atoms with E-state index in [4.69, 9.17) is 0 Å². The van der Waals surface area contributed by atoms with E-state index in [0.717, 1.165) is 42.5 Å². The minimum atomic E-state index is 0.418. The Labute approximate surface area is 120 Å². The van der Waals surface area contributed by atoms with Crippen LogP contribution in [-0.4, -0.2) is 26.3 Å². The molecule has 0 bridgehead atoms. The number of aryl methyl sites for hydroxylation is 1. The topological polar surface area (TPSA) is 55.6 Å². The molecule has 0 aromatic carbocycles. The van der Waals surface area contributed by atoms with Crippen LogP contribution in [0.3, 0.4) is 0 Å². The summed E-state index contributed by atoms with van der Waals surface area (Å²) in [6.45, 7) is 9.39. The normalized spacial score (nSPS) is 11.1. The Balaban J connectivity index is 2.33. The fourth-order valence-electron chi connectivity index (χ4n) is 1.88. The smallest absolute Gasteiger partial charge is 0.159 e. The zero-order valence-electron chi connectivity index (χ0n) is 12.7. The molecule has 0 saturated heterocycles. The second kappa shape index (κ2) is 6.50. The Hall–Kier alpha value is -1.91. The number of hydrogen-bond acceptors (Lipinski definition) is 4. The summed E-state index contributed by atoms with van der Waals surface area (Å²) in [4.78, 5) is 9.05. The summed E-state index contributed by atoms with van der Waals surface area (Å²) < 4.78 is 1.83. The lowest BCUT2D eigenvalue weighted by Gasteiger charge is -2.08.